The number of rotatable bonds is 6. The SMILES string of the molecule is CCCOc1ccc(C=CC(=O)c2ccc(C#N)cc2)cc1. The van der Waals surface area contributed by atoms with Gasteiger partial charge in [-0.3, -0.25) is 4.79 Å². The van der Waals surface area contributed by atoms with Crippen molar-refractivity contribution in [3.8, 4) is 11.8 Å². The third kappa shape index (κ3) is 4.32. The van der Waals surface area contributed by atoms with Gasteiger partial charge in [-0.1, -0.05) is 25.1 Å². The van der Waals surface area contributed by atoms with Crippen molar-refractivity contribution in [3.05, 3.63) is 71.3 Å². The Hall–Kier alpha value is -2.86. The lowest BCUT2D eigenvalue weighted by molar-refractivity contribution is 0.104. The van der Waals surface area contributed by atoms with Crippen LogP contribution < -0.4 is 4.74 Å². The molecule has 3 nitrogen and oxygen atoms in total. The Labute approximate surface area is 130 Å². The summed E-state index contributed by atoms with van der Waals surface area (Å²) < 4.78 is 5.51. The Morgan fingerprint density at radius 2 is 1.82 bits per heavy atom. The minimum atomic E-state index is -0.0872. The van der Waals surface area contributed by atoms with Crippen molar-refractivity contribution in [2.45, 2.75) is 13.3 Å². The van der Waals surface area contributed by atoms with Gasteiger partial charge in [0.05, 0.1) is 18.2 Å². The minimum absolute atomic E-state index is 0.0872. The summed E-state index contributed by atoms with van der Waals surface area (Å²) in [6, 6.07) is 16.2. The van der Waals surface area contributed by atoms with Crippen molar-refractivity contribution in [1.82, 2.24) is 0 Å². The van der Waals surface area contributed by atoms with E-state index in [0.29, 0.717) is 17.7 Å². The number of hydrogen-bond acceptors (Lipinski definition) is 3. The summed E-state index contributed by atoms with van der Waals surface area (Å²) in [5, 5.41) is 8.74. The van der Waals surface area contributed by atoms with Gasteiger partial charge < -0.3 is 4.74 Å². The van der Waals surface area contributed by atoms with Crippen molar-refractivity contribution in [2.24, 2.45) is 0 Å². The summed E-state index contributed by atoms with van der Waals surface area (Å²) in [6.07, 6.45) is 4.27. The van der Waals surface area contributed by atoms with Gasteiger partial charge in [-0.2, -0.15) is 5.26 Å². The molecule has 0 unspecified atom stereocenters. The predicted molar refractivity (Wildman–Crippen MR) is 86.7 cm³/mol. The quantitative estimate of drug-likeness (QED) is 0.590. The van der Waals surface area contributed by atoms with Crippen LogP contribution in [0.3, 0.4) is 0 Å². The van der Waals surface area contributed by atoms with Crippen LogP contribution in [0.4, 0.5) is 0 Å². The van der Waals surface area contributed by atoms with Crippen LogP contribution in [0.25, 0.3) is 6.08 Å². The van der Waals surface area contributed by atoms with Gasteiger partial charge in [0.15, 0.2) is 5.78 Å². The molecule has 0 fully saturated rings. The van der Waals surface area contributed by atoms with Crippen LogP contribution in [0.1, 0.15) is 34.8 Å². The molecule has 2 aromatic rings. The lowest BCUT2D eigenvalue weighted by Gasteiger charge is -2.03. The highest BCUT2D eigenvalue weighted by molar-refractivity contribution is 6.06. The van der Waals surface area contributed by atoms with E-state index in [4.69, 9.17) is 10.00 Å². The second kappa shape index (κ2) is 7.80. The lowest BCUT2D eigenvalue weighted by atomic mass is 10.1. The first kappa shape index (κ1) is 15.5. The van der Waals surface area contributed by atoms with Crippen LogP contribution in [0.15, 0.2) is 54.6 Å². The second-order valence-electron chi connectivity index (χ2n) is 4.80. The van der Waals surface area contributed by atoms with Gasteiger partial charge in [0.1, 0.15) is 5.75 Å². The molecule has 0 spiro atoms. The second-order valence-corrected chi connectivity index (χ2v) is 4.80. The lowest BCUT2D eigenvalue weighted by Crippen LogP contribution is -1.95. The maximum atomic E-state index is 12.0. The van der Waals surface area contributed by atoms with Gasteiger partial charge in [0, 0.05) is 5.56 Å². The normalized spacial score (nSPS) is 10.4. The van der Waals surface area contributed by atoms with E-state index in [0.717, 1.165) is 17.7 Å². The third-order valence-electron chi connectivity index (χ3n) is 3.08. The van der Waals surface area contributed by atoms with E-state index in [1.165, 1.54) is 6.08 Å². The first-order valence-electron chi connectivity index (χ1n) is 7.18. The van der Waals surface area contributed by atoms with Crippen LogP contribution >= 0.6 is 0 Å². The van der Waals surface area contributed by atoms with Crippen molar-refractivity contribution < 1.29 is 9.53 Å². The zero-order valence-electron chi connectivity index (χ0n) is 12.5. The number of ether oxygens (including phenoxy) is 1. The average Bonchev–Trinajstić information content (AvgIpc) is 2.58. The number of hydrogen-bond donors (Lipinski definition) is 0. The summed E-state index contributed by atoms with van der Waals surface area (Å²) in [5.41, 5.74) is 2.05. The summed E-state index contributed by atoms with van der Waals surface area (Å²) in [6.45, 7) is 2.76. The summed E-state index contributed by atoms with van der Waals surface area (Å²) in [4.78, 5) is 12.0. The topological polar surface area (TPSA) is 50.1 Å². The molecule has 2 aromatic carbocycles. The number of allylic oxidation sites excluding steroid dienone is 1. The number of ketones is 1. The van der Waals surface area contributed by atoms with Crippen molar-refractivity contribution in [2.75, 3.05) is 6.61 Å². The molecule has 0 saturated heterocycles. The Balaban J connectivity index is 2.01. The Bertz CT molecular complexity index is 692. The van der Waals surface area contributed by atoms with Gasteiger partial charge in [0.2, 0.25) is 0 Å². The van der Waals surface area contributed by atoms with Gasteiger partial charge in [-0.15, -0.1) is 0 Å². The van der Waals surface area contributed by atoms with E-state index in [1.807, 2.05) is 30.3 Å². The molecule has 0 amide bonds. The van der Waals surface area contributed by atoms with Crippen LogP contribution in [0, 0.1) is 11.3 Å². The molecule has 110 valence electrons. The maximum Gasteiger partial charge on any atom is 0.185 e. The molecule has 0 bridgehead atoms. The summed E-state index contributed by atoms with van der Waals surface area (Å²) >= 11 is 0. The molecule has 0 aliphatic carbocycles. The highest BCUT2D eigenvalue weighted by Crippen LogP contribution is 2.14. The Morgan fingerprint density at radius 3 is 2.41 bits per heavy atom. The predicted octanol–water partition coefficient (Wildman–Crippen LogP) is 4.24. The van der Waals surface area contributed by atoms with Gasteiger partial charge in [-0.05, 0) is 54.5 Å². The van der Waals surface area contributed by atoms with Gasteiger partial charge in [-0.25, -0.2) is 0 Å². The fourth-order valence-corrected chi connectivity index (χ4v) is 1.87. The van der Waals surface area contributed by atoms with Crippen LogP contribution in [-0.4, -0.2) is 12.4 Å². The van der Waals surface area contributed by atoms with E-state index in [9.17, 15) is 4.79 Å². The number of carbonyl (C=O) groups excluding carboxylic acids is 1. The maximum absolute atomic E-state index is 12.0. The average molecular weight is 291 g/mol. The van der Waals surface area contributed by atoms with Gasteiger partial charge in [0.25, 0.3) is 0 Å². The highest BCUT2D eigenvalue weighted by Gasteiger charge is 2.01. The molecule has 0 saturated carbocycles. The minimum Gasteiger partial charge on any atom is -0.494 e. The molecule has 0 atom stereocenters. The largest absolute Gasteiger partial charge is 0.494 e. The van der Waals surface area contributed by atoms with Crippen LogP contribution in [0.5, 0.6) is 5.75 Å². The molecule has 0 aliphatic heterocycles. The molecule has 22 heavy (non-hydrogen) atoms. The molecule has 0 heterocycles. The smallest absolute Gasteiger partial charge is 0.185 e. The monoisotopic (exact) mass is 291 g/mol. The summed E-state index contributed by atoms with van der Waals surface area (Å²) in [7, 11) is 0. The molecule has 0 N–H and O–H groups in total. The van der Waals surface area contributed by atoms with Crippen LogP contribution in [0.2, 0.25) is 0 Å². The zero-order chi connectivity index (χ0) is 15.8. The van der Waals surface area contributed by atoms with Crippen molar-refractivity contribution in [1.29, 1.82) is 5.26 Å². The molecule has 0 aromatic heterocycles. The molecule has 3 heteroatoms. The summed E-state index contributed by atoms with van der Waals surface area (Å²) in [5.74, 6) is 0.744. The van der Waals surface area contributed by atoms with E-state index in [2.05, 4.69) is 6.92 Å². The number of benzene rings is 2. The Kier molecular flexibility index (Phi) is 5.50. The van der Waals surface area contributed by atoms with E-state index < -0.39 is 0 Å². The highest BCUT2D eigenvalue weighted by atomic mass is 16.5. The molecular formula is C19H17NO2. The fraction of sp³-hybridized carbons (Fsp3) is 0.158. The first-order chi connectivity index (χ1) is 10.7. The number of nitrogens with zero attached hydrogens (tertiary/aromatic N) is 1. The molecular weight excluding hydrogens is 274 g/mol. The number of nitriles is 1. The standard InChI is InChI=1S/C19H17NO2/c1-2-13-22-18-10-5-15(6-11-18)7-12-19(21)17-8-3-16(14-20)4-9-17/h3-12H,2,13H2,1H3. The molecule has 0 radical (unpaired) electrons. The van der Waals surface area contributed by atoms with Crippen LogP contribution in [-0.2, 0) is 0 Å². The first-order valence-corrected chi connectivity index (χ1v) is 7.18. The van der Waals surface area contributed by atoms with Crippen molar-refractivity contribution >= 4 is 11.9 Å². The number of carbonyl (C=O) groups is 1. The van der Waals surface area contributed by atoms with E-state index >= 15 is 0 Å². The van der Waals surface area contributed by atoms with Crippen molar-refractivity contribution in [3.63, 3.8) is 0 Å². The molecule has 0 aliphatic rings. The van der Waals surface area contributed by atoms with E-state index in [1.54, 1.807) is 30.3 Å². The zero-order valence-corrected chi connectivity index (χ0v) is 12.5. The Morgan fingerprint density at radius 1 is 1.14 bits per heavy atom. The van der Waals surface area contributed by atoms with Gasteiger partial charge >= 0.3 is 0 Å². The third-order valence-corrected chi connectivity index (χ3v) is 3.08. The molecule has 2 rings (SSSR count). The fourth-order valence-electron chi connectivity index (χ4n) is 1.87. The van der Waals surface area contributed by atoms with E-state index in [-0.39, 0.29) is 5.78 Å².